The molecule has 0 radical (unpaired) electrons. The van der Waals surface area contributed by atoms with Gasteiger partial charge in [-0.05, 0) is 37.1 Å². The highest BCUT2D eigenvalue weighted by Crippen LogP contribution is 2.34. The lowest BCUT2D eigenvalue weighted by Crippen LogP contribution is -2.46. The fourth-order valence-electron chi connectivity index (χ4n) is 2.98. The van der Waals surface area contributed by atoms with Crippen molar-refractivity contribution in [3.8, 4) is 0 Å². The van der Waals surface area contributed by atoms with E-state index in [-0.39, 0.29) is 11.8 Å². The maximum atomic E-state index is 13.2. The minimum absolute atomic E-state index is 0.309. The average molecular weight is 368 g/mol. The average Bonchev–Trinajstić information content (AvgIpc) is 2.70. The molecule has 144 valence electrons. The number of hydrogen-bond donors (Lipinski definition) is 2. The molecule has 0 saturated carbocycles. The number of nitrogens with one attached hydrogen (secondary N) is 2. The van der Waals surface area contributed by atoms with E-state index in [1.54, 1.807) is 48.8 Å². The van der Waals surface area contributed by atoms with Gasteiger partial charge in [0.1, 0.15) is 17.1 Å². The summed E-state index contributed by atoms with van der Waals surface area (Å²) in [6.07, 6.45) is 7.58. The lowest BCUT2D eigenvalue weighted by atomic mass is 9.76. The molecule has 0 atom stereocenters. The summed E-state index contributed by atoms with van der Waals surface area (Å²) in [6, 6.07) is 10.6. The molecule has 6 nitrogen and oxygen atoms in total. The number of amides is 2. The van der Waals surface area contributed by atoms with Crippen LogP contribution in [0.3, 0.4) is 0 Å². The van der Waals surface area contributed by atoms with Gasteiger partial charge in [0.2, 0.25) is 11.8 Å². The third-order valence-corrected chi connectivity index (χ3v) is 4.60. The smallest absolute Gasteiger partial charge is 0.241 e. The standard InChI is InChI=1S/C21H28N4O2/c1-3-5-13-21(14-6-4-2,19(26)24-17-11-7-9-15-22-17)20(27)25-18-12-8-10-16-23-18/h7-12,15-16H,3-6,13-14H2,1-2H3,(H,22,24,26)(H,23,25,27). The van der Waals surface area contributed by atoms with Crippen molar-refractivity contribution in [2.75, 3.05) is 10.6 Å². The van der Waals surface area contributed by atoms with E-state index >= 15 is 0 Å². The number of carbonyl (C=O) groups is 2. The lowest BCUT2D eigenvalue weighted by Gasteiger charge is -2.31. The maximum absolute atomic E-state index is 13.2. The van der Waals surface area contributed by atoms with Crippen LogP contribution in [0.2, 0.25) is 0 Å². The molecular weight excluding hydrogens is 340 g/mol. The molecule has 27 heavy (non-hydrogen) atoms. The number of anilines is 2. The zero-order chi connectivity index (χ0) is 19.5. The summed E-state index contributed by atoms with van der Waals surface area (Å²) in [6.45, 7) is 4.11. The van der Waals surface area contributed by atoms with E-state index < -0.39 is 5.41 Å². The highest BCUT2D eigenvalue weighted by molar-refractivity contribution is 6.14. The maximum Gasteiger partial charge on any atom is 0.241 e. The van der Waals surface area contributed by atoms with Gasteiger partial charge in [0, 0.05) is 12.4 Å². The number of nitrogens with zero attached hydrogens (tertiary/aromatic N) is 2. The molecule has 2 aromatic heterocycles. The van der Waals surface area contributed by atoms with Crippen LogP contribution in [0.4, 0.5) is 11.6 Å². The highest BCUT2D eigenvalue weighted by atomic mass is 16.2. The van der Waals surface area contributed by atoms with E-state index in [2.05, 4.69) is 34.4 Å². The molecule has 2 amide bonds. The Kier molecular flexibility index (Phi) is 7.92. The lowest BCUT2D eigenvalue weighted by molar-refractivity contribution is -0.138. The number of carbonyl (C=O) groups excluding carboxylic acids is 2. The van der Waals surface area contributed by atoms with Crippen molar-refractivity contribution in [3.63, 3.8) is 0 Å². The van der Waals surface area contributed by atoms with Gasteiger partial charge >= 0.3 is 0 Å². The van der Waals surface area contributed by atoms with Gasteiger partial charge in [0.15, 0.2) is 0 Å². The van der Waals surface area contributed by atoms with Gasteiger partial charge in [0.25, 0.3) is 0 Å². The van der Waals surface area contributed by atoms with Crippen molar-refractivity contribution in [2.45, 2.75) is 52.4 Å². The second kappa shape index (κ2) is 10.4. The Labute approximate surface area is 160 Å². The monoisotopic (exact) mass is 368 g/mol. The Morgan fingerprint density at radius 1 is 0.815 bits per heavy atom. The van der Waals surface area contributed by atoms with Gasteiger partial charge in [-0.2, -0.15) is 0 Å². The molecule has 0 bridgehead atoms. The molecule has 0 saturated heterocycles. The summed E-state index contributed by atoms with van der Waals surface area (Å²) in [7, 11) is 0. The second-order valence-electron chi connectivity index (χ2n) is 6.63. The normalized spacial score (nSPS) is 11.0. The van der Waals surface area contributed by atoms with Crippen molar-refractivity contribution in [2.24, 2.45) is 5.41 Å². The molecule has 2 heterocycles. The summed E-state index contributed by atoms with van der Waals surface area (Å²) in [5.41, 5.74) is -1.15. The zero-order valence-electron chi connectivity index (χ0n) is 16.1. The number of aromatic nitrogens is 2. The Morgan fingerprint density at radius 2 is 1.26 bits per heavy atom. The van der Waals surface area contributed by atoms with Crippen molar-refractivity contribution in [3.05, 3.63) is 48.8 Å². The minimum Gasteiger partial charge on any atom is -0.310 e. The first-order chi connectivity index (χ1) is 13.1. The first kappa shape index (κ1) is 20.6. The van der Waals surface area contributed by atoms with Gasteiger partial charge in [-0.1, -0.05) is 51.7 Å². The summed E-state index contributed by atoms with van der Waals surface area (Å²) in [5, 5.41) is 5.67. The van der Waals surface area contributed by atoms with Crippen LogP contribution in [0.5, 0.6) is 0 Å². The van der Waals surface area contributed by atoms with Crippen LogP contribution >= 0.6 is 0 Å². The zero-order valence-corrected chi connectivity index (χ0v) is 16.1. The Balaban J connectivity index is 2.31. The molecule has 0 fully saturated rings. The number of unbranched alkanes of at least 4 members (excludes halogenated alkanes) is 2. The van der Waals surface area contributed by atoms with Crippen LogP contribution in [0.15, 0.2) is 48.8 Å². The van der Waals surface area contributed by atoms with Gasteiger partial charge in [-0.15, -0.1) is 0 Å². The van der Waals surface area contributed by atoms with Crippen LogP contribution in [0.25, 0.3) is 0 Å². The quantitative estimate of drug-likeness (QED) is 0.608. The Morgan fingerprint density at radius 3 is 1.59 bits per heavy atom. The van der Waals surface area contributed by atoms with E-state index in [9.17, 15) is 9.59 Å². The van der Waals surface area contributed by atoms with Crippen LogP contribution < -0.4 is 10.6 Å². The molecule has 0 aliphatic rings. The van der Waals surface area contributed by atoms with Crippen molar-refractivity contribution in [1.29, 1.82) is 0 Å². The summed E-state index contributed by atoms with van der Waals surface area (Å²) in [5.74, 6) is 0.282. The van der Waals surface area contributed by atoms with Crippen molar-refractivity contribution < 1.29 is 9.59 Å². The van der Waals surface area contributed by atoms with E-state index in [1.165, 1.54) is 0 Å². The molecular formula is C21H28N4O2. The molecule has 2 aromatic rings. The molecule has 2 rings (SSSR count). The highest BCUT2D eigenvalue weighted by Gasteiger charge is 2.45. The predicted octanol–water partition coefficient (Wildman–Crippen LogP) is 4.42. The first-order valence-corrected chi connectivity index (χ1v) is 9.57. The summed E-state index contributed by atoms with van der Waals surface area (Å²) in [4.78, 5) is 34.8. The predicted molar refractivity (Wildman–Crippen MR) is 107 cm³/mol. The summed E-state index contributed by atoms with van der Waals surface area (Å²) < 4.78 is 0. The van der Waals surface area contributed by atoms with Crippen LogP contribution in [0, 0.1) is 5.41 Å². The first-order valence-electron chi connectivity index (χ1n) is 9.57. The molecule has 0 aliphatic heterocycles. The molecule has 0 aliphatic carbocycles. The molecule has 2 N–H and O–H groups in total. The fourth-order valence-corrected chi connectivity index (χ4v) is 2.98. The van der Waals surface area contributed by atoms with Crippen LogP contribution in [0.1, 0.15) is 52.4 Å². The molecule has 6 heteroatoms. The Hall–Kier alpha value is -2.76. The third kappa shape index (κ3) is 5.61. The van der Waals surface area contributed by atoms with Gasteiger partial charge in [-0.25, -0.2) is 9.97 Å². The van der Waals surface area contributed by atoms with Gasteiger partial charge in [-0.3, -0.25) is 9.59 Å². The van der Waals surface area contributed by atoms with Crippen molar-refractivity contribution >= 4 is 23.5 Å². The van der Waals surface area contributed by atoms with E-state index in [0.29, 0.717) is 24.5 Å². The molecule has 0 unspecified atom stereocenters. The van der Waals surface area contributed by atoms with E-state index in [1.807, 2.05) is 0 Å². The SMILES string of the molecule is CCCCC(CCCC)(C(=O)Nc1ccccn1)C(=O)Nc1ccccn1. The Bertz CT molecular complexity index is 656. The van der Waals surface area contributed by atoms with Crippen LogP contribution in [-0.2, 0) is 9.59 Å². The van der Waals surface area contributed by atoms with E-state index in [4.69, 9.17) is 0 Å². The number of hydrogen-bond acceptors (Lipinski definition) is 4. The minimum atomic E-state index is -1.15. The fraction of sp³-hybridized carbons (Fsp3) is 0.429. The molecule has 0 spiro atoms. The van der Waals surface area contributed by atoms with Crippen LogP contribution in [-0.4, -0.2) is 21.8 Å². The second-order valence-corrected chi connectivity index (χ2v) is 6.63. The molecule has 0 aromatic carbocycles. The van der Waals surface area contributed by atoms with E-state index in [0.717, 1.165) is 25.7 Å². The number of pyridine rings is 2. The topological polar surface area (TPSA) is 84.0 Å². The van der Waals surface area contributed by atoms with Crippen molar-refractivity contribution in [1.82, 2.24) is 9.97 Å². The largest absolute Gasteiger partial charge is 0.310 e. The van der Waals surface area contributed by atoms with Gasteiger partial charge < -0.3 is 10.6 Å². The number of rotatable bonds is 10. The summed E-state index contributed by atoms with van der Waals surface area (Å²) >= 11 is 0. The van der Waals surface area contributed by atoms with Gasteiger partial charge in [0.05, 0.1) is 0 Å². The third-order valence-electron chi connectivity index (χ3n) is 4.60.